The fraction of sp³-hybridized carbons (Fsp3) is 0.667. The van der Waals surface area contributed by atoms with Gasteiger partial charge in [0.2, 0.25) is 15.9 Å². The zero-order chi connectivity index (χ0) is 14.5. The summed E-state index contributed by atoms with van der Waals surface area (Å²) >= 11 is 0.917. The van der Waals surface area contributed by atoms with E-state index >= 15 is 0 Å². The van der Waals surface area contributed by atoms with Gasteiger partial charge in [0.1, 0.15) is 0 Å². The van der Waals surface area contributed by atoms with Crippen LogP contribution < -0.4 is 10.5 Å². The number of hydrogen-bond donors (Lipinski definition) is 2. The van der Waals surface area contributed by atoms with Gasteiger partial charge in [-0.3, -0.25) is 4.79 Å². The average Bonchev–Trinajstić information content (AvgIpc) is 2.97. The summed E-state index contributed by atoms with van der Waals surface area (Å²) in [6.07, 6.45) is 4.66. The lowest BCUT2D eigenvalue weighted by molar-refractivity contribution is -0.117. The topological polar surface area (TPSA) is 102 Å². The quantitative estimate of drug-likeness (QED) is 0.881. The molecule has 3 rings (SSSR count). The highest BCUT2D eigenvalue weighted by molar-refractivity contribution is 7.91. The van der Waals surface area contributed by atoms with E-state index in [0.717, 1.165) is 24.2 Å². The number of amides is 1. The van der Waals surface area contributed by atoms with Crippen molar-refractivity contribution < 1.29 is 13.2 Å². The van der Waals surface area contributed by atoms with Crippen molar-refractivity contribution in [1.29, 1.82) is 0 Å². The van der Waals surface area contributed by atoms with Crippen LogP contribution in [0.1, 0.15) is 31.4 Å². The van der Waals surface area contributed by atoms with Crippen LogP contribution in [0.2, 0.25) is 0 Å². The summed E-state index contributed by atoms with van der Waals surface area (Å²) < 4.78 is 22.7. The van der Waals surface area contributed by atoms with Gasteiger partial charge in [-0.1, -0.05) is 24.2 Å². The molecule has 1 amide bonds. The van der Waals surface area contributed by atoms with Gasteiger partial charge in [0.25, 0.3) is 0 Å². The van der Waals surface area contributed by atoms with Crippen molar-refractivity contribution >= 4 is 32.4 Å². The molecule has 0 spiro atoms. The van der Waals surface area contributed by atoms with Crippen LogP contribution in [-0.4, -0.2) is 19.3 Å². The molecule has 2 aliphatic carbocycles. The number of rotatable bonds is 3. The van der Waals surface area contributed by atoms with E-state index in [0.29, 0.717) is 22.7 Å². The van der Waals surface area contributed by atoms with Crippen LogP contribution >= 0.6 is 11.3 Å². The number of nitrogens with two attached hydrogens (primary N) is 1. The lowest BCUT2D eigenvalue weighted by Gasteiger charge is -2.04. The fourth-order valence-corrected chi connectivity index (χ4v) is 5.13. The van der Waals surface area contributed by atoms with Crippen LogP contribution in [-0.2, 0) is 14.8 Å². The molecule has 2 aliphatic rings. The van der Waals surface area contributed by atoms with Crippen molar-refractivity contribution in [2.45, 2.75) is 36.8 Å². The second-order valence-electron chi connectivity index (χ2n) is 5.56. The molecule has 110 valence electrons. The Bertz CT molecular complexity index is 641. The van der Waals surface area contributed by atoms with Crippen LogP contribution in [0, 0.1) is 24.7 Å². The standard InChI is InChI=1S/C12H17N3O3S2/c1-6-11(20(13,17)18)19-12(14-6)15-10(16)9-7-4-2-3-5-8(7)9/h7-9H,2-5H2,1H3,(H2,13,17,18)(H,14,15,16). The number of primary sulfonamides is 1. The summed E-state index contributed by atoms with van der Waals surface area (Å²) in [4.78, 5) is 16.3. The number of carbonyl (C=O) groups excluding carboxylic acids is 1. The zero-order valence-corrected chi connectivity index (χ0v) is 12.8. The first-order chi connectivity index (χ1) is 9.38. The first kappa shape index (κ1) is 14.0. The third-order valence-electron chi connectivity index (χ3n) is 4.20. The second-order valence-corrected chi connectivity index (χ2v) is 8.32. The number of anilines is 1. The molecule has 8 heteroatoms. The summed E-state index contributed by atoms with van der Waals surface area (Å²) in [5.74, 6) is 1.08. The van der Waals surface area contributed by atoms with Gasteiger partial charge in [0.05, 0.1) is 5.69 Å². The SMILES string of the molecule is Cc1nc(NC(=O)C2C3CCCCC32)sc1S(N)(=O)=O. The Morgan fingerprint density at radius 3 is 2.45 bits per heavy atom. The number of aryl methyl sites for hydroxylation is 1. The predicted molar refractivity (Wildman–Crippen MR) is 75.8 cm³/mol. The van der Waals surface area contributed by atoms with Gasteiger partial charge in [-0.2, -0.15) is 0 Å². The molecule has 0 saturated heterocycles. The molecule has 2 saturated carbocycles. The molecule has 1 heterocycles. The fourth-order valence-electron chi connectivity index (χ4n) is 3.27. The monoisotopic (exact) mass is 315 g/mol. The van der Waals surface area contributed by atoms with Crippen molar-refractivity contribution in [2.75, 3.05) is 5.32 Å². The number of sulfonamides is 1. The second kappa shape index (κ2) is 4.78. The first-order valence-electron chi connectivity index (χ1n) is 6.69. The Morgan fingerprint density at radius 2 is 1.95 bits per heavy atom. The lowest BCUT2D eigenvalue weighted by atomic mass is 10.0. The maximum Gasteiger partial charge on any atom is 0.249 e. The average molecular weight is 315 g/mol. The van der Waals surface area contributed by atoms with Gasteiger partial charge in [0, 0.05) is 5.92 Å². The summed E-state index contributed by atoms with van der Waals surface area (Å²) in [6, 6.07) is 0. The molecular formula is C12H17N3O3S2. The molecule has 2 unspecified atom stereocenters. The van der Waals surface area contributed by atoms with Crippen LogP contribution in [0.3, 0.4) is 0 Å². The lowest BCUT2D eigenvalue weighted by Crippen LogP contribution is -2.15. The number of aromatic nitrogens is 1. The molecule has 2 fully saturated rings. The molecule has 3 N–H and O–H groups in total. The van der Waals surface area contributed by atoms with Gasteiger partial charge in [-0.05, 0) is 31.6 Å². The third-order valence-corrected chi connectivity index (χ3v) is 6.83. The van der Waals surface area contributed by atoms with Crippen LogP contribution in [0.4, 0.5) is 5.13 Å². The van der Waals surface area contributed by atoms with Gasteiger partial charge in [0.15, 0.2) is 9.34 Å². The summed E-state index contributed by atoms with van der Waals surface area (Å²) in [5.41, 5.74) is 0.334. The normalized spacial score (nSPS) is 28.8. The maximum absolute atomic E-state index is 12.2. The smallest absolute Gasteiger partial charge is 0.249 e. The van der Waals surface area contributed by atoms with Crippen molar-refractivity contribution in [3.8, 4) is 0 Å². The first-order valence-corrected chi connectivity index (χ1v) is 9.05. The van der Waals surface area contributed by atoms with Crippen molar-refractivity contribution in [3.63, 3.8) is 0 Å². The van der Waals surface area contributed by atoms with E-state index in [1.165, 1.54) is 12.8 Å². The number of fused-ring (bicyclic) bond motifs is 1. The van der Waals surface area contributed by atoms with E-state index < -0.39 is 10.0 Å². The van der Waals surface area contributed by atoms with Crippen molar-refractivity contribution in [1.82, 2.24) is 4.98 Å². The highest BCUT2D eigenvalue weighted by atomic mass is 32.2. The molecule has 1 aromatic heterocycles. The molecule has 0 aromatic carbocycles. The van der Waals surface area contributed by atoms with E-state index in [9.17, 15) is 13.2 Å². The molecule has 0 radical (unpaired) electrons. The van der Waals surface area contributed by atoms with Crippen LogP contribution in [0.15, 0.2) is 4.21 Å². The number of nitrogens with zero attached hydrogens (tertiary/aromatic N) is 1. The van der Waals surface area contributed by atoms with Crippen molar-refractivity contribution in [3.05, 3.63) is 5.69 Å². The minimum absolute atomic E-state index is 0.0148. The van der Waals surface area contributed by atoms with Crippen LogP contribution in [0.25, 0.3) is 0 Å². The Hall–Kier alpha value is -0.990. The van der Waals surface area contributed by atoms with Gasteiger partial charge in [-0.25, -0.2) is 18.5 Å². The Morgan fingerprint density at radius 1 is 1.35 bits per heavy atom. The molecular weight excluding hydrogens is 298 g/mol. The van der Waals surface area contributed by atoms with Gasteiger partial charge >= 0.3 is 0 Å². The van der Waals surface area contributed by atoms with E-state index in [-0.39, 0.29) is 16.0 Å². The van der Waals surface area contributed by atoms with E-state index in [4.69, 9.17) is 5.14 Å². The molecule has 1 aromatic rings. The maximum atomic E-state index is 12.2. The molecule has 20 heavy (non-hydrogen) atoms. The largest absolute Gasteiger partial charge is 0.302 e. The van der Waals surface area contributed by atoms with Crippen molar-refractivity contribution in [2.24, 2.45) is 22.9 Å². The Labute approximate surface area is 121 Å². The number of hydrogen-bond acceptors (Lipinski definition) is 5. The predicted octanol–water partition coefficient (Wildman–Crippen LogP) is 1.47. The highest BCUT2D eigenvalue weighted by Crippen LogP contribution is 2.55. The Balaban J connectivity index is 1.71. The molecule has 0 aliphatic heterocycles. The number of nitrogens with one attached hydrogen (secondary N) is 1. The van der Waals surface area contributed by atoms with E-state index in [1.807, 2.05) is 0 Å². The third kappa shape index (κ3) is 2.47. The van der Waals surface area contributed by atoms with Gasteiger partial charge < -0.3 is 5.32 Å². The highest BCUT2D eigenvalue weighted by Gasteiger charge is 2.54. The van der Waals surface area contributed by atoms with Gasteiger partial charge in [-0.15, -0.1) is 0 Å². The summed E-state index contributed by atoms with van der Waals surface area (Å²) in [6.45, 7) is 1.57. The van der Waals surface area contributed by atoms with E-state index in [2.05, 4.69) is 10.3 Å². The minimum Gasteiger partial charge on any atom is -0.302 e. The Kier molecular flexibility index (Phi) is 3.34. The summed E-state index contributed by atoms with van der Waals surface area (Å²) in [7, 11) is -3.77. The summed E-state index contributed by atoms with van der Waals surface area (Å²) in [5, 5.41) is 8.16. The minimum atomic E-state index is -3.77. The van der Waals surface area contributed by atoms with Crippen LogP contribution in [0.5, 0.6) is 0 Å². The zero-order valence-electron chi connectivity index (χ0n) is 11.1. The van der Waals surface area contributed by atoms with E-state index in [1.54, 1.807) is 6.92 Å². The molecule has 6 nitrogen and oxygen atoms in total. The molecule has 0 bridgehead atoms. The number of thiazole rings is 1. The number of carbonyl (C=O) groups is 1. The molecule has 2 atom stereocenters.